The smallest absolute Gasteiger partial charge is 0.243 e. The summed E-state index contributed by atoms with van der Waals surface area (Å²) in [6.45, 7) is 4.48. The van der Waals surface area contributed by atoms with Gasteiger partial charge in [0.15, 0.2) is 0 Å². The Bertz CT molecular complexity index is 755. The summed E-state index contributed by atoms with van der Waals surface area (Å²) < 4.78 is 26.2. The van der Waals surface area contributed by atoms with Gasteiger partial charge in [-0.2, -0.15) is 4.31 Å². The zero-order chi connectivity index (χ0) is 19.9. The number of sulfonamides is 1. The van der Waals surface area contributed by atoms with Crippen molar-refractivity contribution in [3.8, 4) is 0 Å². The molecule has 2 rings (SSSR count). The van der Waals surface area contributed by atoms with Crippen LogP contribution in [0.1, 0.15) is 46.0 Å². The van der Waals surface area contributed by atoms with Crippen LogP contribution in [0.15, 0.2) is 40.8 Å². The first-order chi connectivity index (χ1) is 12.8. The quantitative estimate of drug-likeness (QED) is 0.632. The summed E-state index contributed by atoms with van der Waals surface area (Å²) in [5, 5.41) is 5.95. The molecule has 0 fully saturated rings. The lowest BCUT2D eigenvalue weighted by Gasteiger charge is -2.21. The molecule has 1 aromatic carbocycles. The second-order valence-electron chi connectivity index (χ2n) is 7.20. The van der Waals surface area contributed by atoms with Crippen molar-refractivity contribution in [3.05, 3.63) is 35.9 Å². The fourth-order valence-corrected chi connectivity index (χ4v) is 4.30. The number of rotatable bonds is 9. The molecule has 6 nitrogen and oxygen atoms in total. The minimum absolute atomic E-state index is 0.0670. The lowest BCUT2D eigenvalue weighted by Crippen LogP contribution is -2.33. The third kappa shape index (κ3) is 6.36. The van der Waals surface area contributed by atoms with Crippen molar-refractivity contribution < 1.29 is 13.2 Å². The van der Waals surface area contributed by atoms with Gasteiger partial charge in [0, 0.05) is 25.3 Å². The predicted octanol–water partition coefficient (Wildman–Crippen LogP) is 3.13. The van der Waals surface area contributed by atoms with Crippen LogP contribution in [0.3, 0.4) is 0 Å². The Kier molecular flexibility index (Phi) is 7.86. The highest BCUT2D eigenvalue weighted by molar-refractivity contribution is 7.89. The van der Waals surface area contributed by atoms with E-state index in [1.807, 2.05) is 13.8 Å². The minimum Gasteiger partial charge on any atom is -0.376 e. The maximum Gasteiger partial charge on any atom is 0.243 e. The summed E-state index contributed by atoms with van der Waals surface area (Å²) in [4.78, 5) is 12.2. The van der Waals surface area contributed by atoms with Gasteiger partial charge in [0.2, 0.25) is 15.9 Å². The van der Waals surface area contributed by atoms with E-state index < -0.39 is 10.0 Å². The molecule has 0 aliphatic heterocycles. The van der Waals surface area contributed by atoms with Crippen LogP contribution in [0.2, 0.25) is 0 Å². The van der Waals surface area contributed by atoms with Crippen LogP contribution in [0.25, 0.3) is 0 Å². The van der Waals surface area contributed by atoms with Crippen LogP contribution in [0.4, 0.5) is 5.69 Å². The Morgan fingerprint density at radius 2 is 1.89 bits per heavy atom. The predicted molar refractivity (Wildman–Crippen MR) is 109 cm³/mol. The van der Waals surface area contributed by atoms with E-state index in [0.29, 0.717) is 12.2 Å². The molecule has 27 heavy (non-hydrogen) atoms. The van der Waals surface area contributed by atoms with E-state index in [4.69, 9.17) is 0 Å². The highest BCUT2D eigenvalue weighted by atomic mass is 32.2. The number of benzene rings is 1. The van der Waals surface area contributed by atoms with E-state index in [0.717, 1.165) is 19.3 Å². The van der Waals surface area contributed by atoms with Crippen LogP contribution in [-0.4, -0.2) is 44.8 Å². The number of hydrogen-bond donors (Lipinski definition) is 2. The maximum atomic E-state index is 12.4. The van der Waals surface area contributed by atoms with Gasteiger partial charge in [0.05, 0.1) is 11.4 Å². The molecule has 2 N–H and O–H groups in total. The number of amides is 1. The molecule has 1 aliphatic carbocycles. The summed E-state index contributed by atoms with van der Waals surface area (Å²) >= 11 is 0. The van der Waals surface area contributed by atoms with Gasteiger partial charge in [0.25, 0.3) is 0 Å². The molecule has 150 valence electrons. The maximum absolute atomic E-state index is 12.4. The summed E-state index contributed by atoms with van der Waals surface area (Å²) in [5.41, 5.74) is 2.16. The lowest BCUT2D eigenvalue weighted by molar-refractivity contribution is -0.119. The molecule has 0 spiro atoms. The summed E-state index contributed by atoms with van der Waals surface area (Å²) in [7, 11) is -1.92. The molecular formula is C20H31N3O3S. The summed E-state index contributed by atoms with van der Waals surface area (Å²) in [5.74, 6) is -0.0670. The van der Waals surface area contributed by atoms with Gasteiger partial charge in [-0.05, 0) is 70.2 Å². The van der Waals surface area contributed by atoms with E-state index in [2.05, 4.69) is 16.7 Å². The molecule has 0 saturated carbocycles. The molecule has 0 heterocycles. The highest BCUT2D eigenvalue weighted by Gasteiger charge is 2.22. The largest absolute Gasteiger partial charge is 0.376 e. The van der Waals surface area contributed by atoms with Gasteiger partial charge in [-0.15, -0.1) is 0 Å². The Morgan fingerprint density at radius 3 is 2.48 bits per heavy atom. The normalized spacial score (nSPS) is 14.9. The number of anilines is 1. The Morgan fingerprint density at radius 1 is 1.19 bits per heavy atom. The van der Waals surface area contributed by atoms with Crippen molar-refractivity contribution in [3.63, 3.8) is 0 Å². The van der Waals surface area contributed by atoms with E-state index in [1.165, 1.54) is 22.7 Å². The second-order valence-corrected chi connectivity index (χ2v) is 9.20. The van der Waals surface area contributed by atoms with Gasteiger partial charge < -0.3 is 10.6 Å². The van der Waals surface area contributed by atoms with Gasteiger partial charge in [0.1, 0.15) is 0 Å². The number of nitrogens with one attached hydrogen (secondary N) is 2. The molecule has 0 unspecified atom stereocenters. The number of carbonyl (C=O) groups excluding carboxylic acids is 1. The molecule has 7 heteroatoms. The van der Waals surface area contributed by atoms with E-state index in [1.54, 1.807) is 31.3 Å². The van der Waals surface area contributed by atoms with Crippen LogP contribution < -0.4 is 10.6 Å². The third-order valence-corrected chi connectivity index (χ3v) is 6.91. The number of nitrogens with zero attached hydrogens (tertiary/aromatic N) is 1. The monoisotopic (exact) mass is 393 g/mol. The highest BCUT2D eigenvalue weighted by Crippen LogP contribution is 2.20. The topological polar surface area (TPSA) is 78.5 Å². The first-order valence-corrected chi connectivity index (χ1v) is 11.0. The Labute approximate surface area is 163 Å². The average Bonchev–Trinajstić information content (AvgIpc) is 2.67. The molecule has 1 amide bonds. The third-order valence-electron chi connectivity index (χ3n) is 4.86. The minimum atomic E-state index is -3.49. The first-order valence-electron chi connectivity index (χ1n) is 9.57. The van der Waals surface area contributed by atoms with Crippen molar-refractivity contribution in [2.75, 3.05) is 25.5 Å². The Balaban J connectivity index is 1.79. The van der Waals surface area contributed by atoms with Crippen LogP contribution in [0, 0.1) is 0 Å². The van der Waals surface area contributed by atoms with E-state index in [-0.39, 0.29) is 23.4 Å². The molecule has 1 aliphatic rings. The van der Waals surface area contributed by atoms with Crippen LogP contribution >= 0.6 is 0 Å². The fourth-order valence-electron chi connectivity index (χ4n) is 2.93. The standard InChI is InChI=1S/C20H31N3O3S/c1-16(2)23(3)27(25,26)19-11-9-18(10-12-19)22-15-20(24)21-14-13-17-7-5-4-6-8-17/h7,9-12,16,22H,4-6,8,13-15H2,1-3H3,(H,21,24). The van der Waals surface area contributed by atoms with Crippen molar-refractivity contribution in [2.45, 2.75) is 56.9 Å². The first kappa shape index (κ1) is 21.4. The molecule has 0 radical (unpaired) electrons. The molecule has 0 atom stereocenters. The van der Waals surface area contributed by atoms with Crippen molar-refractivity contribution in [1.82, 2.24) is 9.62 Å². The Hall–Kier alpha value is -1.86. The van der Waals surface area contributed by atoms with E-state index in [9.17, 15) is 13.2 Å². The number of carbonyl (C=O) groups is 1. The van der Waals surface area contributed by atoms with Gasteiger partial charge >= 0.3 is 0 Å². The van der Waals surface area contributed by atoms with Crippen molar-refractivity contribution in [1.29, 1.82) is 0 Å². The molecule has 0 aromatic heterocycles. The zero-order valence-corrected chi connectivity index (χ0v) is 17.3. The van der Waals surface area contributed by atoms with Crippen molar-refractivity contribution in [2.24, 2.45) is 0 Å². The molecular weight excluding hydrogens is 362 g/mol. The molecule has 1 aromatic rings. The number of hydrogen-bond acceptors (Lipinski definition) is 4. The summed E-state index contributed by atoms with van der Waals surface area (Å²) in [6, 6.07) is 6.37. The SMILES string of the molecule is CC(C)N(C)S(=O)(=O)c1ccc(NCC(=O)NCCC2=CCCCC2)cc1. The molecule has 0 saturated heterocycles. The van der Waals surface area contributed by atoms with Crippen LogP contribution in [-0.2, 0) is 14.8 Å². The number of allylic oxidation sites excluding steroid dienone is 1. The van der Waals surface area contributed by atoms with Gasteiger partial charge in [-0.3, -0.25) is 4.79 Å². The zero-order valence-electron chi connectivity index (χ0n) is 16.5. The molecule has 0 bridgehead atoms. The van der Waals surface area contributed by atoms with Crippen molar-refractivity contribution >= 4 is 21.6 Å². The van der Waals surface area contributed by atoms with Gasteiger partial charge in [-0.25, -0.2) is 8.42 Å². The fraction of sp³-hybridized carbons (Fsp3) is 0.550. The lowest BCUT2D eigenvalue weighted by atomic mass is 9.97. The van der Waals surface area contributed by atoms with E-state index >= 15 is 0 Å². The average molecular weight is 394 g/mol. The summed E-state index contributed by atoms with van der Waals surface area (Å²) in [6.07, 6.45) is 8.04. The van der Waals surface area contributed by atoms with Gasteiger partial charge in [-0.1, -0.05) is 11.6 Å². The van der Waals surface area contributed by atoms with Crippen LogP contribution in [0.5, 0.6) is 0 Å². The second kappa shape index (κ2) is 9.90.